The lowest BCUT2D eigenvalue weighted by Crippen LogP contribution is -2.38. The Morgan fingerprint density at radius 3 is 2.67 bits per heavy atom. The zero-order valence-corrected chi connectivity index (χ0v) is 17.1. The Kier molecular flexibility index (Phi) is 5.55. The van der Waals surface area contributed by atoms with Crippen LogP contribution in [0.25, 0.3) is 0 Å². The summed E-state index contributed by atoms with van der Waals surface area (Å²) in [5, 5.41) is 4.73. The van der Waals surface area contributed by atoms with Gasteiger partial charge < -0.3 is 14.5 Å². The number of aryl methyl sites for hydroxylation is 1. The van der Waals surface area contributed by atoms with E-state index in [1.54, 1.807) is 0 Å². The summed E-state index contributed by atoms with van der Waals surface area (Å²) in [4.78, 5) is 18.1. The van der Waals surface area contributed by atoms with E-state index in [0.29, 0.717) is 0 Å². The fourth-order valence-electron chi connectivity index (χ4n) is 4.81. The first-order chi connectivity index (χ1) is 13.1. The molecule has 150 valence electrons. The standard InChI is InChI=1S/C21H34N4O2/c1-4-25-20(18-13-15(2)27-16(3)19(18)22-25)21(26)24-10-6-9-23(11-12-24)14-17-7-5-8-17/h15-17H,4-14H2,1-3H3/t15-,16+/m0/s1. The molecule has 4 rings (SSSR count). The number of hydrogen-bond donors (Lipinski definition) is 0. The van der Waals surface area contributed by atoms with Gasteiger partial charge in [-0.15, -0.1) is 0 Å². The van der Waals surface area contributed by atoms with Gasteiger partial charge in [-0.3, -0.25) is 9.48 Å². The minimum absolute atomic E-state index is 0.0369. The molecule has 1 aliphatic carbocycles. The number of nitrogens with zero attached hydrogens (tertiary/aromatic N) is 4. The number of hydrogen-bond acceptors (Lipinski definition) is 4. The first kappa shape index (κ1) is 18.9. The highest BCUT2D eigenvalue weighted by molar-refractivity contribution is 5.94. The molecule has 3 aliphatic rings. The fraction of sp³-hybridized carbons (Fsp3) is 0.810. The predicted octanol–water partition coefficient (Wildman–Crippen LogP) is 2.87. The van der Waals surface area contributed by atoms with E-state index in [1.165, 1.54) is 25.8 Å². The van der Waals surface area contributed by atoms with E-state index in [2.05, 4.69) is 23.6 Å². The predicted molar refractivity (Wildman–Crippen MR) is 105 cm³/mol. The summed E-state index contributed by atoms with van der Waals surface area (Å²) in [6.45, 7) is 11.9. The molecule has 0 aromatic carbocycles. The molecular weight excluding hydrogens is 340 g/mol. The van der Waals surface area contributed by atoms with E-state index in [9.17, 15) is 4.79 Å². The van der Waals surface area contributed by atoms with E-state index in [4.69, 9.17) is 9.84 Å². The van der Waals surface area contributed by atoms with Crippen LogP contribution in [0, 0.1) is 5.92 Å². The average Bonchev–Trinajstić information content (AvgIpc) is 2.81. The molecule has 0 unspecified atom stereocenters. The minimum atomic E-state index is -0.0369. The number of carbonyl (C=O) groups is 1. The summed E-state index contributed by atoms with van der Waals surface area (Å²) in [7, 11) is 0. The second-order valence-corrected chi connectivity index (χ2v) is 8.56. The molecule has 1 aromatic heterocycles. The van der Waals surface area contributed by atoms with Gasteiger partial charge in [0.05, 0.1) is 17.9 Å². The first-order valence-corrected chi connectivity index (χ1v) is 10.8. The molecule has 6 nitrogen and oxygen atoms in total. The van der Waals surface area contributed by atoms with Gasteiger partial charge in [0.2, 0.25) is 0 Å². The van der Waals surface area contributed by atoms with Crippen LogP contribution >= 0.6 is 0 Å². The Balaban J connectivity index is 1.50. The Morgan fingerprint density at radius 1 is 1.15 bits per heavy atom. The molecule has 2 aliphatic heterocycles. The Morgan fingerprint density at radius 2 is 1.96 bits per heavy atom. The zero-order valence-electron chi connectivity index (χ0n) is 17.1. The van der Waals surface area contributed by atoms with E-state index in [-0.39, 0.29) is 18.1 Å². The molecule has 2 fully saturated rings. The molecule has 0 radical (unpaired) electrons. The zero-order chi connectivity index (χ0) is 19.0. The van der Waals surface area contributed by atoms with Crippen molar-refractivity contribution >= 4 is 5.91 Å². The Labute approximate surface area is 162 Å². The van der Waals surface area contributed by atoms with E-state index < -0.39 is 0 Å². The van der Waals surface area contributed by atoms with Crippen molar-refractivity contribution in [3.05, 3.63) is 17.0 Å². The van der Waals surface area contributed by atoms with Gasteiger partial charge in [-0.25, -0.2) is 0 Å². The maximum atomic E-state index is 13.5. The van der Waals surface area contributed by atoms with Gasteiger partial charge >= 0.3 is 0 Å². The molecular formula is C21H34N4O2. The third-order valence-electron chi connectivity index (χ3n) is 6.51. The lowest BCUT2D eigenvalue weighted by molar-refractivity contribution is -0.00716. The molecule has 2 atom stereocenters. The maximum Gasteiger partial charge on any atom is 0.272 e. The molecule has 1 saturated carbocycles. The molecule has 1 amide bonds. The second-order valence-electron chi connectivity index (χ2n) is 8.56. The highest BCUT2D eigenvalue weighted by atomic mass is 16.5. The number of ether oxygens (including phenoxy) is 1. The van der Waals surface area contributed by atoms with Crippen LogP contribution in [0.15, 0.2) is 0 Å². The monoisotopic (exact) mass is 374 g/mol. The van der Waals surface area contributed by atoms with E-state index >= 15 is 0 Å². The van der Waals surface area contributed by atoms with Crippen LogP contribution in [-0.2, 0) is 17.7 Å². The van der Waals surface area contributed by atoms with Crippen LogP contribution < -0.4 is 0 Å². The SMILES string of the molecule is CCn1nc2c(c1C(=O)N1CCCN(CC3CCC3)CC1)C[C@H](C)O[C@@H]2C. The van der Waals surface area contributed by atoms with Gasteiger partial charge in [0.25, 0.3) is 5.91 Å². The van der Waals surface area contributed by atoms with Gasteiger partial charge in [-0.2, -0.15) is 5.10 Å². The Hall–Kier alpha value is -1.40. The van der Waals surface area contributed by atoms with Gasteiger partial charge in [0.1, 0.15) is 5.69 Å². The molecule has 1 saturated heterocycles. The van der Waals surface area contributed by atoms with E-state index in [0.717, 1.165) is 68.4 Å². The highest BCUT2D eigenvalue weighted by Crippen LogP contribution is 2.32. The third kappa shape index (κ3) is 3.79. The second kappa shape index (κ2) is 7.92. The molecule has 0 spiro atoms. The topological polar surface area (TPSA) is 50.6 Å². The number of aromatic nitrogens is 2. The summed E-state index contributed by atoms with van der Waals surface area (Å²) in [5.41, 5.74) is 2.88. The van der Waals surface area contributed by atoms with Crippen molar-refractivity contribution in [3.8, 4) is 0 Å². The van der Waals surface area contributed by atoms with Crippen molar-refractivity contribution in [1.29, 1.82) is 0 Å². The number of rotatable bonds is 4. The fourth-order valence-corrected chi connectivity index (χ4v) is 4.81. The van der Waals surface area contributed by atoms with Gasteiger partial charge in [0, 0.05) is 44.7 Å². The summed E-state index contributed by atoms with van der Waals surface area (Å²) < 4.78 is 7.84. The van der Waals surface area contributed by atoms with Crippen LogP contribution in [0.3, 0.4) is 0 Å². The summed E-state index contributed by atoms with van der Waals surface area (Å²) in [6, 6.07) is 0. The van der Waals surface area contributed by atoms with Crippen LogP contribution in [-0.4, -0.2) is 64.3 Å². The van der Waals surface area contributed by atoms with Crippen molar-refractivity contribution < 1.29 is 9.53 Å². The smallest absolute Gasteiger partial charge is 0.272 e. The van der Waals surface area contributed by atoms with Crippen molar-refractivity contribution in [2.45, 2.75) is 71.6 Å². The maximum absolute atomic E-state index is 13.5. The summed E-state index contributed by atoms with van der Waals surface area (Å²) in [5.74, 6) is 1.06. The quantitative estimate of drug-likeness (QED) is 0.813. The molecule has 3 heterocycles. The first-order valence-electron chi connectivity index (χ1n) is 10.8. The molecule has 0 bridgehead atoms. The molecule has 0 N–H and O–H groups in total. The van der Waals surface area contributed by atoms with Crippen LogP contribution in [0.1, 0.15) is 74.3 Å². The third-order valence-corrected chi connectivity index (χ3v) is 6.51. The van der Waals surface area contributed by atoms with Gasteiger partial charge in [-0.1, -0.05) is 6.42 Å². The van der Waals surface area contributed by atoms with Crippen LogP contribution in [0.4, 0.5) is 0 Å². The molecule has 27 heavy (non-hydrogen) atoms. The van der Waals surface area contributed by atoms with Crippen LogP contribution in [0.2, 0.25) is 0 Å². The molecule has 1 aromatic rings. The van der Waals surface area contributed by atoms with Crippen molar-refractivity contribution in [3.63, 3.8) is 0 Å². The molecule has 6 heteroatoms. The number of amides is 1. The van der Waals surface area contributed by atoms with E-state index in [1.807, 2.05) is 11.6 Å². The number of fused-ring (bicyclic) bond motifs is 1. The summed E-state index contributed by atoms with van der Waals surface area (Å²) in [6.07, 6.45) is 6.12. The normalized spacial score (nSPS) is 27.1. The summed E-state index contributed by atoms with van der Waals surface area (Å²) >= 11 is 0. The average molecular weight is 375 g/mol. The lowest BCUT2D eigenvalue weighted by Gasteiger charge is -2.31. The van der Waals surface area contributed by atoms with Gasteiger partial charge in [0.15, 0.2) is 0 Å². The van der Waals surface area contributed by atoms with Gasteiger partial charge in [-0.05, 0) is 52.5 Å². The van der Waals surface area contributed by atoms with Crippen molar-refractivity contribution in [2.75, 3.05) is 32.7 Å². The van der Waals surface area contributed by atoms with Crippen LogP contribution in [0.5, 0.6) is 0 Å². The number of carbonyl (C=O) groups excluding carboxylic acids is 1. The van der Waals surface area contributed by atoms with Crippen molar-refractivity contribution in [1.82, 2.24) is 19.6 Å². The highest BCUT2D eigenvalue weighted by Gasteiger charge is 2.34. The Bertz CT molecular complexity index is 682. The lowest BCUT2D eigenvalue weighted by atomic mass is 9.85. The largest absolute Gasteiger partial charge is 0.369 e. The minimum Gasteiger partial charge on any atom is -0.369 e. The van der Waals surface area contributed by atoms with Crippen molar-refractivity contribution in [2.24, 2.45) is 5.92 Å².